The number of hydrogen-bond acceptors (Lipinski definition) is 12. The maximum Gasteiger partial charge on any atom is 0.317 e. The van der Waals surface area contributed by atoms with Crippen LogP contribution in [-0.4, -0.2) is 138 Å². The van der Waals surface area contributed by atoms with Crippen molar-refractivity contribution in [2.45, 2.75) is 56.8 Å². The minimum absolute atomic E-state index is 0.0384. The smallest absolute Gasteiger partial charge is 0.317 e. The van der Waals surface area contributed by atoms with Crippen LogP contribution in [0.2, 0.25) is 0 Å². The van der Waals surface area contributed by atoms with Crippen molar-refractivity contribution < 1.29 is 48.0 Å². The number of aliphatic hydroxyl groups excluding tert-OH is 1. The number of ether oxygens (including phenoxy) is 5. The lowest BCUT2D eigenvalue weighted by Gasteiger charge is -2.27. The minimum Gasteiger partial charge on any atom is -0.495 e. The molecular formula is C48H57Br8N7O10. The van der Waals surface area contributed by atoms with Gasteiger partial charge in [-0.3, -0.25) is 4.79 Å². The summed E-state index contributed by atoms with van der Waals surface area (Å²) in [5.41, 5.74) is 3.00. The Bertz CT molecular complexity index is 2450. The number of likely N-dealkylation sites (N-methyl/N-ethyl adjacent to an activating group) is 3. The Morgan fingerprint density at radius 1 is 0.671 bits per heavy atom. The standard InChI is InChI=1S/C48H57Br8N7O10/c1-57-14-8-28-20-31(49)41(32(50)21-28)70-18-6-12-59-46(66)63(3)16-10-30-24-35(53)43(36(54)25-30)71-19-7-13-60-47(67)62(2)15-9-29-22-33(51)42(34(52)23-29)69-17-5-11-58-45(65)39-44(64)48(73-61-39)26-37(55)40(68-4)38(56)27-72-48/h20-25,27,44,57,64H,5-19,26H2,1-4H3,(H,58,65)(H,59,66)(H,60,67). The van der Waals surface area contributed by atoms with Gasteiger partial charge in [0.05, 0.1) is 64.7 Å². The third kappa shape index (κ3) is 18.0. The van der Waals surface area contributed by atoms with Crippen LogP contribution in [-0.2, 0) is 38.4 Å². The second-order valence-corrected chi connectivity index (χ2v) is 23.6. The number of nitrogens with one attached hydrogen (secondary N) is 4. The Morgan fingerprint density at radius 2 is 1.08 bits per heavy atom. The molecular weight excluding hydrogens is 1470 g/mol. The molecule has 5 N–H and O–H groups in total. The maximum atomic E-state index is 12.9. The summed E-state index contributed by atoms with van der Waals surface area (Å²) in [6, 6.07) is 11.6. The second-order valence-electron chi connectivity index (χ2n) is 16.7. The number of amides is 5. The summed E-state index contributed by atoms with van der Waals surface area (Å²) in [7, 11) is 6.95. The predicted molar refractivity (Wildman–Crippen MR) is 309 cm³/mol. The molecule has 3 aromatic carbocycles. The van der Waals surface area contributed by atoms with E-state index in [9.17, 15) is 19.5 Å². The lowest BCUT2D eigenvalue weighted by molar-refractivity contribution is -0.225. The van der Waals surface area contributed by atoms with Crippen molar-refractivity contribution in [3.63, 3.8) is 0 Å². The summed E-state index contributed by atoms with van der Waals surface area (Å²) in [6.45, 7) is 4.16. The van der Waals surface area contributed by atoms with Crippen molar-refractivity contribution in [3.8, 4) is 17.2 Å². The summed E-state index contributed by atoms with van der Waals surface area (Å²) in [6.07, 6.45) is 3.75. The molecule has 0 radical (unpaired) electrons. The van der Waals surface area contributed by atoms with E-state index in [0.717, 1.165) is 56.7 Å². The van der Waals surface area contributed by atoms with Crippen LogP contribution in [0.4, 0.5) is 9.59 Å². The average molecular weight is 1530 g/mol. The lowest BCUT2D eigenvalue weighted by atomic mass is 10.0. The Labute approximate surface area is 493 Å². The van der Waals surface area contributed by atoms with Gasteiger partial charge < -0.3 is 64.7 Å². The quantitative estimate of drug-likeness (QED) is 0.0480. The molecule has 3 aromatic rings. The number of hydrogen-bond donors (Lipinski definition) is 5. The van der Waals surface area contributed by atoms with E-state index in [1.807, 2.05) is 31.3 Å². The number of urea groups is 2. The maximum absolute atomic E-state index is 12.9. The van der Waals surface area contributed by atoms with Gasteiger partial charge in [-0.05, 0) is 217 Å². The molecule has 17 nitrogen and oxygen atoms in total. The number of carbonyl (C=O) groups is 3. The molecule has 5 rings (SSSR count). The monoisotopic (exact) mass is 1520 g/mol. The van der Waals surface area contributed by atoms with Gasteiger partial charge in [-0.1, -0.05) is 21.1 Å². The molecule has 0 fully saturated rings. The Kier molecular flexibility index (Phi) is 25.5. The van der Waals surface area contributed by atoms with Gasteiger partial charge >= 0.3 is 17.8 Å². The SMILES string of the molecule is CNCCc1cc(Br)c(OCCCNC(=O)N(C)CCc2cc(Br)c(OCCCNC(=O)N(C)CCc3cc(Br)c(OCCCNC(=O)C4=NOC5(CC(Br)=C(OC)C(Br)=CO5)C4O)c(Br)c3)c(Br)c2)c(Br)c1. The van der Waals surface area contributed by atoms with Gasteiger partial charge in [-0.15, -0.1) is 0 Å². The van der Waals surface area contributed by atoms with Gasteiger partial charge in [0.25, 0.3) is 5.91 Å². The van der Waals surface area contributed by atoms with E-state index in [1.54, 1.807) is 23.9 Å². The molecule has 0 bridgehead atoms. The molecule has 25 heteroatoms. The van der Waals surface area contributed by atoms with Crippen LogP contribution in [0.3, 0.4) is 0 Å². The van der Waals surface area contributed by atoms with E-state index in [2.05, 4.69) is 166 Å². The topological polar surface area (TPSA) is 194 Å². The van der Waals surface area contributed by atoms with Crippen LogP contribution >= 0.6 is 127 Å². The first-order valence-electron chi connectivity index (χ1n) is 23.0. The van der Waals surface area contributed by atoms with Crippen molar-refractivity contribution in [2.75, 3.05) is 87.3 Å². The first-order valence-corrected chi connectivity index (χ1v) is 29.4. The molecule has 400 valence electrons. The van der Waals surface area contributed by atoms with Gasteiger partial charge in [0.15, 0.2) is 11.8 Å². The number of oxime groups is 1. The molecule has 2 atom stereocenters. The number of nitrogens with zero attached hydrogens (tertiary/aromatic N) is 3. The molecule has 2 heterocycles. The first-order chi connectivity index (χ1) is 34.9. The van der Waals surface area contributed by atoms with Crippen LogP contribution in [0.25, 0.3) is 0 Å². The Hall–Kier alpha value is -2.62. The second kappa shape index (κ2) is 30.4. The minimum atomic E-state index is -1.63. The van der Waals surface area contributed by atoms with E-state index in [0.29, 0.717) is 97.7 Å². The molecule has 0 saturated carbocycles. The highest BCUT2D eigenvalue weighted by Gasteiger charge is 2.54. The Morgan fingerprint density at radius 3 is 1.49 bits per heavy atom. The van der Waals surface area contributed by atoms with E-state index in [-0.39, 0.29) is 37.3 Å². The number of benzene rings is 3. The third-order valence-electron chi connectivity index (χ3n) is 11.2. The highest BCUT2D eigenvalue weighted by Crippen LogP contribution is 2.42. The van der Waals surface area contributed by atoms with Crippen molar-refractivity contribution >= 4 is 151 Å². The number of methoxy groups -OCH3 is 1. The van der Waals surface area contributed by atoms with Crippen LogP contribution in [0.15, 0.2) is 89.4 Å². The zero-order valence-corrected chi connectivity index (χ0v) is 53.1. The third-order valence-corrected chi connectivity index (χ3v) is 15.9. The van der Waals surface area contributed by atoms with Crippen molar-refractivity contribution in [1.82, 2.24) is 31.1 Å². The number of carbonyl (C=O) groups excluding carboxylic acids is 3. The predicted octanol–water partition coefficient (Wildman–Crippen LogP) is 10.6. The van der Waals surface area contributed by atoms with Crippen LogP contribution < -0.4 is 35.5 Å². The average Bonchev–Trinajstić information content (AvgIpc) is 3.60. The van der Waals surface area contributed by atoms with E-state index in [1.165, 1.54) is 18.9 Å². The van der Waals surface area contributed by atoms with Gasteiger partial charge in [0.1, 0.15) is 29.3 Å². The van der Waals surface area contributed by atoms with E-state index in [4.69, 9.17) is 28.5 Å². The van der Waals surface area contributed by atoms with E-state index < -0.39 is 17.8 Å². The largest absolute Gasteiger partial charge is 0.495 e. The first kappa shape index (κ1) is 61.2. The molecule has 2 aliphatic rings. The van der Waals surface area contributed by atoms with Gasteiger partial charge in [-0.25, -0.2) is 9.59 Å². The summed E-state index contributed by atoms with van der Waals surface area (Å²) in [4.78, 5) is 47.4. The molecule has 0 aromatic heterocycles. The summed E-state index contributed by atoms with van der Waals surface area (Å²) in [5, 5.41) is 26.7. The highest BCUT2D eigenvalue weighted by atomic mass is 79.9. The number of allylic oxidation sites excluding steroid dienone is 1. The van der Waals surface area contributed by atoms with E-state index >= 15 is 0 Å². The normalized spacial score (nSPS) is 16.2. The van der Waals surface area contributed by atoms with Gasteiger partial charge in [-0.2, -0.15) is 0 Å². The highest BCUT2D eigenvalue weighted by molar-refractivity contribution is 9.12. The van der Waals surface area contributed by atoms with Gasteiger partial charge in [0.2, 0.25) is 0 Å². The fourth-order valence-corrected chi connectivity index (χ4v) is 13.2. The van der Waals surface area contributed by atoms with Crippen molar-refractivity contribution in [3.05, 3.63) is 101 Å². The van der Waals surface area contributed by atoms with Crippen molar-refractivity contribution in [1.29, 1.82) is 0 Å². The van der Waals surface area contributed by atoms with Crippen molar-refractivity contribution in [2.24, 2.45) is 5.16 Å². The van der Waals surface area contributed by atoms with Gasteiger partial charge in [0, 0.05) is 51.3 Å². The Balaban J connectivity index is 0.931. The van der Waals surface area contributed by atoms with Crippen LogP contribution in [0.5, 0.6) is 17.2 Å². The molecule has 2 aliphatic heterocycles. The fraction of sp³-hybridized carbons (Fsp3) is 0.458. The summed E-state index contributed by atoms with van der Waals surface area (Å²) >= 11 is 28.5. The number of halogens is 8. The molecule has 73 heavy (non-hydrogen) atoms. The molecule has 1 spiro atoms. The molecule has 2 unspecified atom stereocenters. The molecule has 0 aliphatic carbocycles. The lowest BCUT2D eigenvalue weighted by Crippen LogP contribution is -2.49. The number of aliphatic hydroxyl groups is 1. The molecule has 0 saturated heterocycles. The summed E-state index contributed by atoms with van der Waals surface area (Å²) in [5.74, 6) is 0.243. The van der Waals surface area contributed by atoms with Crippen LogP contribution in [0.1, 0.15) is 42.4 Å². The number of rotatable bonds is 26. The zero-order valence-electron chi connectivity index (χ0n) is 40.4. The zero-order chi connectivity index (χ0) is 53.2. The van der Waals surface area contributed by atoms with Crippen LogP contribution in [0, 0.1) is 0 Å². The summed E-state index contributed by atoms with van der Waals surface area (Å²) < 4.78 is 35.0. The fourth-order valence-electron chi connectivity index (χ4n) is 7.14. The molecule has 5 amide bonds.